The molecule has 0 bridgehead atoms. The molecule has 1 unspecified atom stereocenters. The van der Waals surface area contributed by atoms with Gasteiger partial charge in [-0.3, -0.25) is 14.7 Å². The third-order valence-electron chi connectivity index (χ3n) is 3.13. The number of amides is 2. The number of H-pyrrole nitrogens is 1. The van der Waals surface area contributed by atoms with Crippen molar-refractivity contribution in [2.45, 2.75) is 39.7 Å². The second-order valence-electron chi connectivity index (χ2n) is 4.64. The average molecular weight is 263 g/mol. The summed E-state index contributed by atoms with van der Waals surface area (Å²) < 4.78 is 0. The van der Waals surface area contributed by atoms with Gasteiger partial charge in [0.05, 0.1) is 11.7 Å². The van der Waals surface area contributed by atoms with E-state index in [1.165, 1.54) is 0 Å². The molecule has 19 heavy (non-hydrogen) atoms. The maximum atomic E-state index is 12.0. The molecule has 2 heterocycles. The minimum absolute atomic E-state index is 0.161. The van der Waals surface area contributed by atoms with E-state index in [1.54, 1.807) is 0 Å². The monoisotopic (exact) mass is 263 g/mol. The molecule has 0 fully saturated rings. The van der Waals surface area contributed by atoms with Gasteiger partial charge in [0.1, 0.15) is 5.71 Å². The highest BCUT2D eigenvalue weighted by atomic mass is 16.2. The third kappa shape index (κ3) is 2.81. The number of aromatic nitrogens is 2. The molecule has 7 heteroatoms. The molecule has 7 nitrogen and oxygen atoms in total. The molecule has 1 aliphatic heterocycles. The highest BCUT2D eigenvalue weighted by molar-refractivity contribution is 6.39. The van der Waals surface area contributed by atoms with Gasteiger partial charge in [-0.05, 0) is 20.8 Å². The van der Waals surface area contributed by atoms with Gasteiger partial charge in [0.15, 0.2) is 0 Å². The summed E-state index contributed by atoms with van der Waals surface area (Å²) in [4.78, 5) is 23.0. The molecule has 0 saturated carbocycles. The van der Waals surface area contributed by atoms with Crippen molar-refractivity contribution in [1.82, 2.24) is 20.9 Å². The highest BCUT2D eigenvalue weighted by Crippen LogP contribution is 2.19. The number of hydrogen-bond acceptors (Lipinski definition) is 4. The zero-order valence-electron chi connectivity index (χ0n) is 11.2. The van der Waals surface area contributed by atoms with Crippen LogP contribution < -0.4 is 10.7 Å². The number of aryl methyl sites for hydroxylation is 2. The minimum atomic E-state index is -0.257. The van der Waals surface area contributed by atoms with Crippen molar-refractivity contribution >= 4 is 17.5 Å². The van der Waals surface area contributed by atoms with Crippen molar-refractivity contribution in [3.63, 3.8) is 0 Å². The summed E-state index contributed by atoms with van der Waals surface area (Å²) in [7, 11) is 0. The fourth-order valence-electron chi connectivity index (χ4n) is 2.19. The first-order chi connectivity index (χ1) is 8.99. The van der Waals surface area contributed by atoms with Crippen LogP contribution in [0.3, 0.4) is 0 Å². The van der Waals surface area contributed by atoms with Gasteiger partial charge in [-0.2, -0.15) is 10.2 Å². The van der Waals surface area contributed by atoms with Gasteiger partial charge in [0.2, 0.25) is 5.91 Å². The summed E-state index contributed by atoms with van der Waals surface area (Å²) in [5, 5.41) is 13.6. The Labute approximate surface area is 110 Å². The third-order valence-corrected chi connectivity index (χ3v) is 3.13. The highest BCUT2D eigenvalue weighted by Gasteiger charge is 2.22. The van der Waals surface area contributed by atoms with Gasteiger partial charge in [-0.1, -0.05) is 0 Å². The lowest BCUT2D eigenvalue weighted by molar-refractivity contribution is -0.121. The van der Waals surface area contributed by atoms with Crippen LogP contribution >= 0.6 is 0 Å². The van der Waals surface area contributed by atoms with Crippen LogP contribution in [0.1, 0.15) is 42.8 Å². The Balaban J connectivity index is 2.05. The summed E-state index contributed by atoms with van der Waals surface area (Å²) in [5.74, 6) is -0.418. The van der Waals surface area contributed by atoms with Crippen LogP contribution in [-0.4, -0.2) is 27.7 Å². The van der Waals surface area contributed by atoms with Crippen molar-refractivity contribution < 1.29 is 9.59 Å². The molecule has 0 aliphatic carbocycles. The number of nitrogens with zero attached hydrogens (tertiary/aromatic N) is 2. The van der Waals surface area contributed by atoms with Crippen LogP contribution in [0.4, 0.5) is 0 Å². The molecule has 0 saturated heterocycles. The Bertz CT molecular complexity index is 527. The quantitative estimate of drug-likeness (QED) is 0.739. The summed E-state index contributed by atoms with van der Waals surface area (Å²) in [5.41, 5.74) is 5.45. The first-order valence-corrected chi connectivity index (χ1v) is 6.16. The summed E-state index contributed by atoms with van der Waals surface area (Å²) in [6.07, 6.45) is 0.665. The first-order valence-electron chi connectivity index (χ1n) is 6.16. The van der Waals surface area contributed by atoms with Gasteiger partial charge in [0, 0.05) is 24.1 Å². The summed E-state index contributed by atoms with van der Waals surface area (Å²) in [6.45, 7) is 5.70. The van der Waals surface area contributed by atoms with Crippen LogP contribution in [0.25, 0.3) is 0 Å². The van der Waals surface area contributed by atoms with Crippen LogP contribution in [0.5, 0.6) is 0 Å². The van der Waals surface area contributed by atoms with Crippen molar-refractivity contribution in [3.8, 4) is 0 Å². The van der Waals surface area contributed by atoms with Crippen LogP contribution in [0.15, 0.2) is 5.10 Å². The smallest absolute Gasteiger partial charge is 0.267 e. The number of carbonyl (C=O) groups is 2. The number of carbonyl (C=O) groups excluding carboxylic acids is 2. The molecule has 1 atom stereocenters. The molecule has 1 aromatic rings. The number of aromatic amines is 1. The van der Waals surface area contributed by atoms with Crippen molar-refractivity contribution in [1.29, 1.82) is 0 Å². The SMILES string of the molecule is Cc1n[nH]c(C)c1C(C)NC(=O)C1=NNC(=O)CC1. The standard InChI is InChI=1S/C12H17N5O2/c1-6(11-7(2)14-15-8(11)3)13-12(19)9-4-5-10(18)17-16-9/h6H,4-5H2,1-3H3,(H,13,19)(H,14,15)(H,17,18). The van der Waals surface area contributed by atoms with E-state index in [2.05, 4.69) is 26.0 Å². The molecule has 0 radical (unpaired) electrons. The van der Waals surface area contributed by atoms with E-state index in [0.717, 1.165) is 17.0 Å². The zero-order valence-corrected chi connectivity index (χ0v) is 11.2. The molecule has 1 aliphatic rings. The topological polar surface area (TPSA) is 99.2 Å². The van der Waals surface area contributed by atoms with E-state index in [4.69, 9.17) is 0 Å². The van der Waals surface area contributed by atoms with E-state index in [1.807, 2.05) is 20.8 Å². The lowest BCUT2D eigenvalue weighted by Crippen LogP contribution is -2.38. The molecule has 0 spiro atoms. The maximum Gasteiger partial charge on any atom is 0.267 e. The Morgan fingerprint density at radius 3 is 2.63 bits per heavy atom. The average Bonchev–Trinajstić information content (AvgIpc) is 2.69. The fourth-order valence-corrected chi connectivity index (χ4v) is 2.19. The number of hydrazone groups is 1. The fraction of sp³-hybridized carbons (Fsp3) is 0.500. The van der Waals surface area contributed by atoms with E-state index < -0.39 is 0 Å². The molecule has 2 rings (SSSR count). The van der Waals surface area contributed by atoms with E-state index in [-0.39, 0.29) is 17.9 Å². The number of nitrogens with one attached hydrogen (secondary N) is 3. The van der Waals surface area contributed by atoms with Gasteiger partial charge < -0.3 is 5.32 Å². The van der Waals surface area contributed by atoms with Gasteiger partial charge in [0.25, 0.3) is 5.91 Å². The number of rotatable bonds is 3. The Morgan fingerprint density at radius 1 is 1.37 bits per heavy atom. The first kappa shape index (κ1) is 13.3. The zero-order chi connectivity index (χ0) is 14.0. The normalized spacial score (nSPS) is 16.6. The predicted molar refractivity (Wildman–Crippen MR) is 69.4 cm³/mol. The largest absolute Gasteiger partial charge is 0.344 e. The van der Waals surface area contributed by atoms with Crippen LogP contribution in [-0.2, 0) is 9.59 Å². The van der Waals surface area contributed by atoms with E-state index in [9.17, 15) is 9.59 Å². The molecule has 102 valence electrons. The lowest BCUT2D eigenvalue weighted by Gasteiger charge is -2.17. The molecular formula is C12H17N5O2. The summed E-state index contributed by atoms with van der Waals surface area (Å²) >= 11 is 0. The molecule has 3 N–H and O–H groups in total. The number of hydrogen-bond donors (Lipinski definition) is 3. The summed E-state index contributed by atoms with van der Waals surface area (Å²) in [6, 6.07) is -0.161. The molecule has 0 aromatic carbocycles. The van der Waals surface area contributed by atoms with E-state index >= 15 is 0 Å². The van der Waals surface area contributed by atoms with Crippen molar-refractivity contribution in [2.75, 3.05) is 0 Å². The van der Waals surface area contributed by atoms with Crippen LogP contribution in [0.2, 0.25) is 0 Å². The Morgan fingerprint density at radius 2 is 2.11 bits per heavy atom. The van der Waals surface area contributed by atoms with Gasteiger partial charge in [-0.25, -0.2) is 5.43 Å². The van der Waals surface area contributed by atoms with Gasteiger partial charge >= 0.3 is 0 Å². The van der Waals surface area contributed by atoms with Gasteiger partial charge in [-0.15, -0.1) is 0 Å². The predicted octanol–water partition coefficient (Wildman–Crippen LogP) is 0.470. The minimum Gasteiger partial charge on any atom is -0.344 e. The Kier molecular flexibility index (Phi) is 3.64. The van der Waals surface area contributed by atoms with E-state index in [0.29, 0.717) is 18.6 Å². The second-order valence-corrected chi connectivity index (χ2v) is 4.64. The lowest BCUT2D eigenvalue weighted by atomic mass is 10.1. The van der Waals surface area contributed by atoms with Crippen molar-refractivity contribution in [3.05, 3.63) is 17.0 Å². The molecule has 1 aromatic heterocycles. The molecule has 2 amide bonds. The Hall–Kier alpha value is -2.18. The maximum absolute atomic E-state index is 12.0. The molecular weight excluding hydrogens is 246 g/mol. The van der Waals surface area contributed by atoms with Crippen molar-refractivity contribution in [2.24, 2.45) is 5.10 Å². The van der Waals surface area contributed by atoms with Crippen LogP contribution in [0, 0.1) is 13.8 Å². The second kappa shape index (κ2) is 5.21.